The molecule has 2 unspecified atom stereocenters. The third-order valence-corrected chi connectivity index (χ3v) is 4.81. The fraction of sp³-hybridized carbons (Fsp3) is 0.200. The van der Waals surface area contributed by atoms with Crippen LogP contribution in [-0.2, 0) is 9.59 Å². The average Bonchev–Trinajstić information content (AvgIpc) is 2.45. The van der Waals surface area contributed by atoms with Gasteiger partial charge in [-0.15, -0.1) is 0 Å². The number of halogens is 3. The zero-order chi connectivity index (χ0) is 11.9. The van der Waals surface area contributed by atoms with Gasteiger partial charge >= 0.3 is 0 Å². The number of hydrogen-bond acceptors (Lipinski definition) is 2. The van der Waals surface area contributed by atoms with E-state index in [9.17, 15) is 14.0 Å². The first kappa shape index (κ1) is 11.7. The Morgan fingerprint density at radius 1 is 1.06 bits per heavy atom. The van der Waals surface area contributed by atoms with E-state index in [2.05, 4.69) is 31.9 Å². The van der Waals surface area contributed by atoms with Crippen LogP contribution in [0.2, 0.25) is 0 Å². The maximum absolute atomic E-state index is 13.5. The van der Waals surface area contributed by atoms with Crippen LogP contribution in [0.4, 0.5) is 10.1 Å². The van der Waals surface area contributed by atoms with Crippen LogP contribution >= 0.6 is 31.9 Å². The van der Waals surface area contributed by atoms with E-state index >= 15 is 0 Å². The van der Waals surface area contributed by atoms with Crippen LogP contribution < -0.4 is 4.90 Å². The summed E-state index contributed by atoms with van der Waals surface area (Å²) in [6, 6.07) is 5.68. The van der Waals surface area contributed by atoms with Crippen molar-refractivity contribution in [2.75, 3.05) is 4.90 Å². The van der Waals surface area contributed by atoms with Gasteiger partial charge in [-0.1, -0.05) is 44.0 Å². The van der Waals surface area contributed by atoms with E-state index in [1.807, 2.05) is 0 Å². The number of alkyl halides is 2. The molecule has 1 heterocycles. The van der Waals surface area contributed by atoms with Crippen LogP contribution in [0.5, 0.6) is 0 Å². The molecule has 0 saturated carbocycles. The Kier molecular flexibility index (Phi) is 3.12. The lowest BCUT2D eigenvalue weighted by molar-refractivity contribution is -0.121. The first-order valence-corrected chi connectivity index (χ1v) is 6.27. The van der Waals surface area contributed by atoms with Crippen LogP contribution in [0.25, 0.3) is 0 Å². The summed E-state index contributed by atoms with van der Waals surface area (Å²) in [6.45, 7) is 0. The molecule has 1 aromatic rings. The molecule has 2 rings (SSSR count). The first-order valence-electron chi connectivity index (χ1n) is 4.44. The molecular weight excluding hydrogens is 345 g/mol. The average molecular weight is 351 g/mol. The van der Waals surface area contributed by atoms with Crippen molar-refractivity contribution in [3.63, 3.8) is 0 Å². The van der Waals surface area contributed by atoms with Gasteiger partial charge < -0.3 is 0 Å². The molecule has 1 aromatic carbocycles. The molecule has 3 nitrogen and oxygen atoms in total. The summed E-state index contributed by atoms with van der Waals surface area (Å²) in [5.41, 5.74) is -0.0103. The van der Waals surface area contributed by atoms with E-state index in [1.165, 1.54) is 18.2 Å². The Morgan fingerprint density at radius 2 is 1.56 bits per heavy atom. The topological polar surface area (TPSA) is 37.4 Å². The van der Waals surface area contributed by atoms with E-state index in [1.54, 1.807) is 6.07 Å². The van der Waals surface area contributed by atoms with Crippen molar-refractivity contribution in [2.45, 2.75) is 9.65 Å². The van der Waals surface area contributed by atoms with Crippen LogP contribution in [0.15, 0.2) is 24.3 Å². The molecule has 1 fully saturated rings. The molecule has 0 spiro atoms. The lowest BCUT2D eigenvalue weighted by Crippen LogP contribution is -2.31. The fourth-order valence-corrected chi connectivity index (χ4v) is 2.34. The molecule has 0 aliphatic carbocycles. The molecule has 84 valence electrons. The van der Waals surface area contributed by atoms with Gasteiger partial charge in [0.1, 0.15) is 15.5 Å². The second kappa shape index (κ2) is 4.25. The predicted molar refractivity (Wildman–Crippen MR) is 64.3 cm³/mol. The molecule has 0 bridgehead atoms. The summed E-state index contributed by atoms with van der Waals surface area (Å²) in [5, 5.41) is 0. The number of carbonyl (C=O) groups is 2. The number of nitrogens with zero attached hydrogens (tertiary/aromatic N) is 1. The van der Waals surface area contributed by atoms with Crippen molar-refractivity contribution in [2.24, 2.45) is 0 Å². The molecule has 16 heavy (non-hydrogen) atoms. The normalized spacial score (nSPS) is 25.3. The van der Waals surface area contributed by atoms with Crippen molar-refractivity contribution >= 4 is 49.4 Å². The molecule has 0 N–H and O–H groups in total. The van der Waals surface area contributed by atoms with E-state index < -0.39 is 27.3 Å². The van der Waals surface area contributed by atoms with Crippen LogP contribution in [0.1, 0.15) is 0 Å². The number of anilines is 1. The van der Waals surface area contributed by atoms with E-state index in [-0.39, 0.29) is 5.69 Å². The predicted octanol–water partition coefficient (Wildman–Crippen LogP) is 2.23. The van der Waals surface area contributed by atoms with Crippen molar-refractivity contribution in [3.8, 4) is 0 Å². The molecule has 1 aliphatic heterocycles. The maximum atomic E-state index is 13.5. The largest absolute Gasteiger partial charge is 0.273 e. The van der Waals surface area contributed by atoms with Crippen LogP contribution in [0, 0.1) is 5.82 Å². The molecule has 6 heteroatoms. The van der Waals surface area contributed by atoms with Crippen molar-refractivity contribution in [1.29, 1.82) is 0 Å². The molecule has 0 radical (unpaired) electrons. The van der Waals surface area contributed by atoms with E-state index in [0.29, 0.717) is 0 Å². The summed E-state index contributed by atoms with van der Waals surface area (Å²) >= 11 is 6.18. The third-order valence-electron chi connectivity index (χ3n) is 2.26. The second-order valence-corrected chi connectivity index (χ2v) is 5.24. The minimum Gasteiger partial charge on any atom is -0.273 e. The SMILES string of the molecule is O=C1C(Br)C(Br)C(=O)N1c1ccccc1F. The lowest BCUT2D eigenvalue weighted by Gasteiger charge is -2.14. The summed E-state index contributed by atoms with van der Waals surface area (Å²) in [7, 11) is 0. The molecule has 2 atom stereocenters. The Balaban J connectivity index is 2.47. The minimum absolute atomic E-state index is 0.0103. The minimum atomic E-state index is -0.653. The number of benzene rings is 1. The zero-order valence-corrected chi connectivity index (χ0v) is 11.0. The standard InChI is InChI=1S/C10H6Br2FNO2/c11-7-8(12)10(16)14(9(7)15)6-4-2-1-3-5(6)13/h1-4,7-8H. The van der Waals surface area contributed by atoms with E-state index in [4.69, 9.17) is 0 Å². The fourth-order valence-electron chi connectivity index (χ4n) is 1.48. The first-order chi connectivity index (χ1) is 7.54. The number of para-hydroxylation sites is 1. The van der Waals surface area contributed by atoms with Crippen LogP contribution in [-0.4, -0.2) is 21.5 Å². The number of hydrogen-bond donors (Lipinski definition) is 0. The van der Waals surface area contributed by atoms with Gasteiger partial charge in [0.15, 0.2) is 0 Å². The molecule has 1 aliphatic rings. The van der Waals surface area contributed by atoms with Gasteiger partial charge in [-0.3, -0.25) is 9.59 Å². The van der Waals surface area contributed by atoms with Gasteiger partial charge in [-0.25, -0.2) is 9.29 Å². The lowest BCUT2D eigenvalue weighted by atomic mass is 10.3. The Morgan fingerprint density at radius 3 is 2.06 bits per heavy atom. The Bertz CT molecular complexity index is 446. The highest BCUT2D eigenvalue weighted by molar-refractivity contribution is 9.12. The third kappa shape index (κ3) is 1.69. The summed E-state index contributed by atoms with van der Waals surface area (Å²) < 4.78 is 13.5. The summed E-state index contributed by atoms with van der Waals surface area (Å²) in [6.07, 6.45) is 0. The number of amides is 2. The highest BCUT2D eigenvalue weighted by Crippen LogP contribution is 2.32. The maximum Gasteiger partial charge on any atom is 0.249 e. The van der Waals surface area contributed by atoms with E-state index in [0.717, 1.165) is 4.90 Å². The van der Waals surface area contributed by atoms with Gasteiger partial charge in [0.25, 0.3) is 0 Å². The second-order valence-electron chi connectivity index (χ2n) is 3.27. The molecular formula is C10H6Br2FNO2. The molecule has 0 aromatic heterocycles. The number of carbonyl (C=O) groups excluding carboxylic acids is 2. The Hall–Kier alpha value is -0.750. The summed E-state index contributed by atoms with van der Waals surface area (Å²) in [4.78, 5) is 23.0. The van der Waals surface area contributed by atoms with Gasteiger partial charge in [-0.05, 0) is 12.1 Å². The summed E-state index contributed by atoms with van der Waals surface area (Å²) in [5.74, 6) is -1.51. The highest BCUT2D eigenvalue weighted by atomic mass is 79.9. The Labute approximate surface area is 108 Å². The van der Waals surface area contributed by atoms with Crippen molar-refractivity contribution in [1.82, 2.24) is 0 Å². The van der Waals surface area contributed by atoms with Crippen molar-refractivity contribution < 1.29 is 14.0 Å². The molecule has 2 amide bonds. The highest BCUT2D eigenvalue weighted by Gasteiger charge is 2.46. The van der Waals surface area contributed by atoms with Crippen LogP contribution in [0.3, 0.4) is 0 Å². The monoisotopic (exact) mass is 349 g/mol. The molecule has 1 saturated heterocycles. The number of imide groups is 1. The van der Waals surface area contributed by atoms with Crippen molar-refractivity contribution in [3.05, 3.63) is 30.1 Å². The number of rotatable bonds is 1. The zero-order valence-electron chi connectivity index (χ0n) is 7.86. The van der Waals surface area contributed by atoms with Gasteiger partial charge in [0, 0.05) is 0 Å². The van der Waals surface area contributed by atoms with Gasteiger partial charge in [-0.2, -0.15) is 0 Å². The van der Waals surface area contributed by atoms with Gasteiger partial charge in [0.05, 0.1) is 5.69 Å². The smallest absolute Gasteiger partial charge is 0.249 e. The van der Waals surface area contributed by atoms with Gasteiger partial charge in [0.2, 0.25) is 11.8 Å². The quantitative estimate of drug-likeness (QED) is 0.575.